The number of benzene rings is 1. The van der Waals surface area contributed by atoms with Crippen LogP contribution in [0, 0.1) is 5.82 Å². The second-order valence-corrected chi connectivity index (χ2v) is 4.33. The maximum absolute atomic E-state index is 13.5. The number of ketones is 1. The Bertz CT molecular complexity index is 562. The molecule has 0 saturated heterocycles. The summed E-state index contributed by atoms with van der Waals surface area (Å²) in [6.07, 6.45) is 0. The number of carbonyl (C=O) groups is 1. The summed E-state index contributed by atoms with van der Waals surface area (Å²) in [6.45, 7) is 1.35. The Balaban J connectivity index is 2.85. The maximum Gasteiger partial charge on any atom is 0.194 e. The summed E-state index contributed by atoms with van der Waals surface area (Å²) in [5.74, 6) is -0.716. The van der Waals surface area contributed by atoms with Crippen LogP contribution in [0.25, 0.3) is 11.0 Å². The summed E-state index contributed by atoms with van der Waals surface area (Å²) in [5, 5.41) is 0.199. The largest absolute Gasteiger partial charge is 0.452 e. The van der Waals surface area contributed by atoms with Crippen LogP contribution >= 0.6 is 27.5 Å². The number of furan rings is 1. The van der Waals surface area contributed by atoms with Crippen LogP contribution in [0.15, 0.2) is 21.0 Å². The zero-order valence-corrected chi connectivity index (χ0v) is 9.95. The van der Waals surface area contributed by atoms with E-state index in [0.29, 0.717) is 10.1 Å². The first kappa shape index (κ1) is 10.6. The van der Waals surface area contributed by atoms with E-state index >= 15 is 0 Å². The zero-order valence-electron chi connectivity index (χ0n) is 7.61. The van der Waals surface area contributed by atoms with Crippen LogP contribution in [0.2, 0.25) is 5.02 Å². The summed E-state index contributed by atoms with van der Waals surface area (Å²) in [7, 11) is 0. The molecule has 0 aliphatic rings. The van der Waals surface area contributed by atoms with E-state index in [1.54, 1.807) is 0 Å². The zero-order chi connectivity index (χ0) is 11.2. The minimum atomic E-state index is -0.578. The van der Waals surface area contributed by atoms with Crippen molar-refractivity contribution in [2.75, 3.05) is 0 Å². The van der Waals surface area contributed by atoms with Gasteiger partial charge in [-0.05, 0) is 28.1 Å². The standard InChI is InChI=1S/C10H5BrClFO2/c1-4(14)8-2-5-9(13)7(12)3-6(11)10(5)15-8/h2-3H,1H3. The third-order valence-electron chi connectivity index (χ3n) is 2.00. The van der Waals surface area contributed by atoms with Crippen molar-refractivity contribution in [3.8, 4) is 0 Å². The molecule has 0 aliphatic carbocycles. The van der Waals surface area contributed by atoms with Gasteiger partial charge in [0.25, 0.3) is 0 Å². The van der Waals surface area contributed by atoms with Gasteiger partial charge in [-0.2, -0.15) is 0 Å². The van der Waals surface area contributed by atoms with Crippen molar-refractivity contribution >= 4 is 44.3 Å². The molecule has 5 heteroatoms. The summed E-state index contributed by atoms with van der Waals surface area (Å²) in [5.41, 5.74) is 0.294. The summed E-state index contributed by atoms with van der Waals surface area (Å²) in [6, 6.07) is 2.75. The highest BCUT2D eigenvalue weighted by Gasteiger charge is 2.16. The summed E-state index contributed by atoms with van der Waals surface area (Å²) < 4.78 is 19.3. The second kappa shape index (κ2) is 3.61. The molecule has 0 amide bonds. The fourth-order valence-corrected chi connectivity index (χ4v) is 2.14. The molecule has 2 aromatic rings. The van der Waals surface area contributed by atoms with E-state index < -0.39 is 5.82 Å². The average molecular weight is 292 g/mol. The molecule has 1 aromatic heterocycles. The molecule has 2 rings (SSSR count). The molecular formula is C10H5BrClFO2. The SMILES string of the molecule is CC(=O)c1cc2c(F)c(Cl)cc(Br)c2o1. The van der Waals surface area contributed by atoms with Gasteiger partial charge in [0.05, 0.1) is 14.9 Å². The first-order chi connectivity index (χ1) is 7.00. The van der Waals surface area contributed by atoms with Crippen LogP contribution < -0.4 is 0 Å². The molecule has 2 nitrogen and oxygen atoms in total. The van der Waals surface area contributed by atoms with Gasteiger partial charge in [0, 0.05) is 6.92 Å². The fourth-order valence-electron chi connectivity index (χ4n) is 1.27. The van der Waals surface area contributed by atoms with E-state index in [4.69, 9.17) is 16.0 Å². The first-order valence-corrected chi connectivity index (χ1v) is 5.25. The fraction of sp³-hybridized carbons (Fsp3) is 0.100. The minimum Gasteiger partial charge on any atom is -0.452 e. The summed E-state index contributed by atoms with van der Waals surface area (Å²) >= 11 is 8.84. The van der Waals surface area contributed by atoms with Crippen molar-refractivity contribution in [3.63, 3.8) is 0 Å². The van der Waals surface area contributed by atoms with Crippen LogP contribution in [0.4, 0.5) is 4.39 Å². The van der Waals surface area contributed by atoms with Gasteiger partial charge < -0.3 is 4.42 Å². The Labute approximate surface area is 98.1 Å². The Morgan fingerprint density at radius 2 is 2.20 bits per heavy atom. The normalized spacial score (nSPS) is 10.9. The van der Waals surface area contributed by atoms with Crippen molar-refractivity contribution in [2.45, 2.75) is 6.92 Å². The Morgan fingerprint density at radius 1 is 1.53 bits per heavy atom. The molecule has 1 aromatic carbocycles. The molecule has 15 heavy (non-hydrogen) atoms. The van der Waals surface area contributed by atoms with Gasteiger partial charge in [-0.1, -0.05) is 11.6 Å². The highest BCUT2D eigenvalue weighted by molar-refractivity contribution is 9.10. The smallest absolute Gasteiger partial charge is 0.194 e. The highest BCUT2D eigenvalue weighted by atomic mass is 79.9. The predicted octanol–water partition coefficient (Wildman–Crippen LogP) is 4.19. The molecule has 0 aliphatic heterocycles. The lowest BCUT2D eigenvalue weighted by Gasteiger charge is -1.96. The molecule has 0 N–H and O–H groups in total. The molecule has 78 valence electrons. The quantitative estimate of drug-likeness (QED) is 0.582. The molecule has 0 bridgehead atoms. The Kier molecular flexibility index (Phi) is 2.56. The number of rotatable bonds is 1. The Hall–Kier alpha value is -0.870. The molecular weight excluding hydrogens is 286 g/mol. The molecule has 0 spiro atoms. The van der Waals surface area contributed by atoms with Gasteiger partial charge in [0.2, 0.25) is 0 Å². The topological polar surface area (TPSA) is 30.2 Å². The lowest BCUT2D eigenvalue weighted by atomic mass is 10.2. The lowest BCUT2D eigenvalue weighted by Crippen LogP contribution is -1.85. The molecule has 0 saturated carbocycles. The Morgan fingerprint density at radius 3 is 2.80 bits per heavy atom. The monoisotopic (exact) mass is 290 g/mol. The third-order valence-corrected chi connectivity index (χ3v) is 2.86. The van der Waals surface area contributed by atoms with Gasteiger partial charge in [-0.15, -0.1) is 0 Å². The maximum atomic E-state index is 13.5. The number of hydrogen-bond acceptors (Lipinski definition) is 2. The first-order valence-electron chi connectivity index (χ1n) is 4.08. The minimum absolute atomic E-state index is 0.00900. The van der Waals surface area contributed by atoms with Crippen LogP contribution in [0.3, 0.4) is 0 Å². The van der Waals surface area contributed by atoms with E-state index in [2.05, 4.69) is 15.9 Å². The number of Topliss-reactive ketones (excluding diaryl/α,β-unsaturated/α-hetero) is 1. The number of carbonyl (C=O) groups excluding carboxylic acids is 1. The van der Waals surface area contributed by atoms with Crippen LogP contribution in [0.5, 0.6) is 0 Å². The molecule has 0 radical (unpaired) electrons. The van der Waals surface area contributed by atoms with Gasteiger partial charge in [0.1, 0.15) is 0 Å². The van der Waals surface area contributed by atoms with Gasteiger partial charge in [0.15, 0.2) is 22.9 Å². The van der Waals surface area contributed by atoms with E-state index in [0.717, 1.165) is 0 Å². The molecule has 0 unspecified atom stereocenters. The highest BCUT2D eigenvalue weighted by Crippen LogP contribution is 2.33. The van der Waals surface area contributed by atoms with E-state index in [1.807, 2.05) is 0 Å². The molecule has 0 fully saturated rings. The van der Waals surface area contributed by atoms with Gasteiger partial charge in [-0.3, -0.25) is 4.79 Å². The van der Waals surface area contributed by atoms with E-state index in [9.17, 15) is 9.18 Å². The number of hydrogen-bond donors (Lipinski definition) is 0. The molecule has 1 heterocycles. The average Bonchev–Trinajstić information content (AvgIpc) is 2.59. The third kappa shape index (κ3) is 1.68. The number of halogens is 3. The van der Waals surface area contributed by atoms with E-state index in [-0.39, 0.29) is 22.0 Å². The van der Waals surface area contributed by atoms with Gasteiger partial charge >= 0.3 is 0 Å². The van der Waals surface area contributed by atoms with Crippen molar-refractivity contribution in [3.05, 3.63) is 33.2 Å². The van der Waals surface area contributed by atoms with Crippen molar-refractivity contribution in [2.24, 2.45) is 0 Å². The van der Waals surface area contributed by atoms with Crippen molar-refractivity contribution < 1.29 is 13.6 Å². The number of fused-ring (bicyclic) bond motifs is 1. The van der Waals surface area contributed by atoms with Crippen LogP contribution in [-0.4, -0.2) is 5.78 Å². The van der Waals surface area contributed by atoms with Crippen LogP contribution in [-0.2, 0) is 0 Å². The van der Waals surface area contributed by atoms with E-state index in [1.165, 1.54) is 19.1 Å². The predicted molar refractivity (Wildman–Crippen MR) is 58.9 cm³/mol. The van der Waals surface area contributed by atoms with Crippen LogP contribution in [0.1, 0.15) is 17.5 Å². The lowest BCUT2D eigenvalue weighted by molar-refractivity contribution is 0.0989. The summed E-state index contributed by atoms with van der Waals surface area (Å²) in [4.78, 5) is 11.1. The van der Waals surface area contributed by atoms with Gasteiger partial charge in [-0.25, -0.2) is 4.39 Å². The molecule has 0 atom stereocenters. The van der Waals surface area contributed by atoms with Crippen molar-refractivity contribution in [1.29, 1.82) is 0 Å². The van der Waals surface area contributed by atoms with Crippen molar-refractivity contribution in [1.82, 2.24) is 0 Å². The second-order valence-electron chi connectivity index (χ2n) is 3.06.